The summed E-state index contributed by atoms with van der Waals surface area (Å²) in [5, 5.41) is 18.5. The Morgan fingerprint density at radius 3 is 2.59 bits per heavy atom. The molecule has 0 fully saturated rings. The smallest absolute Gasteiger partial charge is 0.336 e. The molecule has 0 aromatic heterocycles. The van der Waals surface area contributed by atoms with Crippen molar-refractivity contribution in [3.05, 3.63) is 30.4 Å². The molecular weight excluding hydrogens is 224 g/mol. The maximum Gasteiger partial charge on any atom is 0.336 e. The molecule has 1 rings (SSSR count). The fourth-order valence-corrected chi connectivity index (χ4v) is 1.06. The summed E-state index contributed by atoms with van der Waals surface area (Å²) in [4.78, 5) is 11.2. The number of phenols is 2. The predicted octanol–water partition coefficient (Wildman–Crippen LogP) is 1.94. The van der Waals surface area contributed by atoms with Crippen LogP contribution in [-0.2, 0) is 9.53 Å². The fourth-order valence-electron chi connectivity index (χ4n) is 1.06. The Morgan fingerprint density at radius 2 is 2.06 bits per heavy atom. The molecule has 1 unspecified atom stereocenters. The van der Waals surface area contributed by atoms with Crippen molar-refractivity contribution < 1.29 is 24.5 Å². The van der Waals surface area contributed by atoms with Gasteiger partial charge in [0, 0.05) is 18.6 Å². The molecule has 1 aromatic carbocycles. The van der Waals surface area contributed by atoms with Crippen LogP contribution in [0.5, 0.6) is 17.2 Å². The Morgan fingerprint density at radius 1 is 1.41 bits per heavy atom. The average molecular weight is 238 g/mol. The highest BCUT2D eigenvalue weighted by Crippen LogP contribution is 2.30. The van der Waals surface area contributed by atoms with Crippen molar-refractivity contribution in [2.75, 3.05) is 0 Å². The Hall–Kier alpha value is -2.17. The first kappa shape index (κ1) is 12.9. The van der Waals surface area contributed by atoms with Gasteiger partial charge in [-0.25, -0.2) is 4.79 Å². The van der Waals surface area contributed by atoms with E-state index in [4.69, 9.17) is 14.6 Å². The van der Waals surface area contributed by atoms with Gasteiger partial charge in [-0.15, -0.1) is 0 Å². The van der Waals surface area contributed by atoms with Gasteiger partial charge < -0.3 is 19.7 Å². The van der Waals surface area contributed by atoms with Gasteiger partial charge in [-0.05, 0) is 19.1 Å². The summed E-state index contributed by atoms with van der Waals surface area (Å²) in [6, 6.07) is 3.85. The molecule has 0 radical (unpaired) electrons. The molecule has 0 spiro atoms. The first-order chi connectivity index (χ1) is 7.90. The van der Waals surface area contributed by atoms with Crippen LogP contribution in [0.3, 0.4) is 0 Å². The highest BCUT2D eigenvalue weighted by atomic mass is 16.7. The fraction of sp³-hybridized carbons (Fsp3) is 0.250. The van der Waals surface area contributed by atoms with Gasteiger partial charge in [0.15, 0.2) is 11.5 Å². The topological polar surface area (TPSA) is 76.0 Å². The van der Waals surface area contributed by atoms with Crippen LogP contribution in [0.2, 0.25) is 0 Å². The molecular formula is C12H14O5. The molecule has 0 amide bonds. The third-order valence-electron chi connectivity index (χ3n) is 1.86. The molecule has 92 valence electrons. The van der Waals surface area contributed by atoms with E-state index in [2.05, 4.69) is 6.58 Å². The lowest BCUT2D eigenvalue weighted by Gasteiger charge is -2.16. The molecule has 0 aliphatic rings. The summed E-state index contributed by atoms with van der Waals surface area (Å²) >= 11 is 0. The summed E-state index contributed by atoms with van der Waals surface area (Å²) in [7, 11) is 0. The summed E-state index contributed by atoms with van der Waals surface area (Å²) in [5.41, 5.74) is 0.260. The third kappa shape index (κ3) is 3.71. The molecule has 2 N–H and O–H groups in total. The van der Waals surface area contributed by atoms with Gasteiger partial charge in [0.1, 0.15) is 5.75 Å². The van der Waals surface area contributed by atoms with Crippen molar-refractivity contribution in [1.82, 2.24) is 0 Å². The van der Waals surface area contributed by atoms with Crippen LogP contribution in [-0.4, -0.2) is 22.5 Å². The number of hydrogen-bond donors (Lipinski definition) is 2. The Kier molecular flexibility index (Phi) is 3.98. The van der Waals surface area contributed by atoms with Crippen molar-refractivity contribution in [1.29, 1.82) is 0 Å². The van der Waals surface area contributed by atoms with Crippen LogP contribution in [0.15, 0.2) is 30.4 Å². The minimum atomic E-state index is -0.866. The Labute approximate surface area is 98.9 Å². The van der Waals surface area contributed by atoms with Gasteiger partial charge in [0.05, 0.1) is 0 Å². The maximum atomic E-state index is 11.2. The van der Waals surface area contributed by atoms with E-state index in [1.807, 2.05) is 0 Å². The number of ether oxygens (including phenoxy) is 2. The zero-order chi connectivity index (χ0) is 13.0. The largest absolute Gasteiger partial charge is 0.508 e. The minimum Gasteiger partial charge on any atom is -0.508 e. The molecule has 0 saturated carbocycles. The van der Waals surface area contributed by atoms with E-state index < -0.39 is 12.3 Å². The van der Waals surface area contributed by atoms with Gasteiger partial charge in [-0.2, -0.15) is 0 Å². The number of hydrogen-bond acceptors (Lipinski definition) is 5. The lowest BCUT2D eigenvalue weighted by atomic mass is 10.3. The maximum absolute atomic E-state index is 11.2. The van der Waals surface area contributed by atoms with E-state index in [1.165, 1.54) is 26.0 Å². The van der Waals surface area contributed by atoms with Crippen molar-refractivity contribution >= 4 is 5.97 Å². The number of aromatic hydroxyl groups is 2. The van der Waals surface area contributed by atoms with Gasteiger partial charge in [-0.3, -0.25) is 0 Å². The highest BCUT2D eigenvalue weighted by Gasteiger charge is 2.13. The van der Waals surface area contributed by atoms with E-state index in [0.29, 0.717) is 0 Å². The molecule has 5 nitrogen and oxygen atoms in total. The molecule has 0 aliphatic heterocycles. The van der Waals surface area contributed by atoms with E-state index in [1.54, 1.807) is 0 Å². The molecule has 5 heteroatoms. The van der Waals surface area contributed by atoms with E-state index in [-0.39, 0.29) is 22.8 Å². The average Bonchev–Trinajstić information content (AvgIpc) is 2.22. The van der Waals surface area contributed by atoms with Crippen molar-refractivity contribution in [3.8, 4) is 17.2 Å². The van der Waals surface area contributed by atoms with Gasteiger partial charge >= 0.3 is 5.97 Å². The van der Waals surface area contributed by atoms with E-state index in [0.717, 1.165) is 6.07 Å². The van der Waals surface area contributed by atoms with E-state index >= 15 is 0 Å². The lowest BCUT2D eigenvalue weighted by Crippen LogP contribution is -2.21. The number of rotatable bonds is 4. The molecule has 1 aromatic rings. The van der Waals surface area contributed by atoms with Crippen LogP contribution in [0.25, 0.3) is 0 Å². The molecule has 1 atom stereocenters. The summed E-state index contributed by atoms with van der Waals surface area (Å²) in [6.45, 7) is 6.46. The van der Waals surface area contributed by atoms with Crippen LogP contribution >= 0.6 is 0 Å². The molecule has 0 saturated heterocycles. The van der Waals surface area contributed by atoms with Crippen LogP contribution in [0.4, 0.5) is 0 Å². The van der Waals surface area contributed by atoms with Crippen LogP contribution in [0, 0.1) is 0 Å². The monoisotopic (exact) mass is 238 g/mol. The second-order valence-corrected chi connectivity index (χ2v) is 3.52. The summed E-state index contributed by atoms with van der Waals surface area (Å²) in [6.07, 6.45) is -0.866. The van der Waals surface area contributed by atoms with Crippen LogP contribution < -0.4 is 4.74 Å². The predicted molar refractivity (Wildman–Crippen MR) is 60.8 cm³/mol. The molecule has 0 heterocycles. The first-order valence-electron chi connectivity index (χ1n) is 4.95. The Balaban J connectivity index is 2.65. The number of benzene rings is 1. The third-order valence-corrected chi connectivity index (χ3v) is 1.86. The second-order valence-electron chi connectivity index (χ2n) is 3.52. The zero-order valence-corrected chi connectivity index (χ0v) is 9.64. The molecule has 0 bridgehead atoms. The highest BCUT2D eigenvalue weighted by molar-refractivity contribution is 5.87. The first-order valence-corrected chi connectivity index (χ1v) is 4.95. The Bertz CT molecular complexity index is 439. The number of carbonyl (C=O) groups is 1. The second kappa shape index (κ2) is 5.25. The number of carbonyl (C=O) groups excluding carboxylic acids is 1. The van der Waals surface area contributed by atoms with Crippen LogP contribution in [0.1, 0.15) is 13.8 Å². The van der Waals surface area contributed by atoms with E-state index in [9.17, 15) is 9.90 Å². The lowest BCUT2D eigenvalue weighted by molar-refractivity contribution is -0.156. The van der Waals surface area contributed by atoms with Crippen molar-refractivity contribution in [2.45, 2.75) is 20.1 Å². The molecule has 0 aliphatic carbocycles. The molecule has 17 heavy (non-hydrogen) atoms. The van der Waals surface area contributed by atoms with Crippen molar-refractivity contribution in [3.63, 3.8) is 0 Å². The normalized spacial score (nSPS) is 11.6. The number of phenolic OH excluding ortho intramolecular Hbond substituents is 2. The summed E-state index contributed by atoms with van der Waals surface area (Å²) < 4.78 is 10.0. The van der Waals surface area contributed by atoms with Crippen molar-refractivity contribution in [2.24, 2.45) is 0 Å². The summed E-state index contributed by atoms with van der Waals surface area (Å²) in [5.74, 6) is -0.773. The van der Waals surface area contributed by atoms with Gasteiger partial charge in [-0.1, -0.05) is 6.58 Å². The minimum absolute atomic E-state index is 0.0820. The number of esters is 1. The van der Waals surface area contributed by atoms with Gasteiger partial charge in [0.25, 0.3) is 0 Å². The quantitative estimate of drug-likeness (QED) is 0.476. The zero-order valence-electron chi connectivity index (χ0n) is 9.64. The SMILES string of the molecule is C=C(C)C(=O)OC(C)Oc1ccc(O)cc1O. The standard InChI is InChI=1S/C12H14O5/c1-7(2)12(15)17-8(3)16-11-5-4-9(13)6-10(11)14/h4-6,8,13-14H,1H2,2-3H3. The van der Waals surface area contributed by atoms with Gasteiger partial charge in [0.2, 0.25) is 6.29 Å².